The Morgan fingerprint density at radius 2 is 1.70 bits per heavy atom. The maximum atomic E-state index is 12.8. The number of rotatable bonds is 2. The van der Waals surface area contributed by atoms with Crippen molar-refractivity contribution >= 4 is 12.0 Å². The van der Waals surface area contributed by atoms with Crippen LogP contribution in [0.25, 0.3) is 0 Å². The highest BCUT2D eigenvalue weighted by Crippen LogP contribution is 2.37. The van der Waals surface area contributed by atoms with Crippen LogP contribution in [0.1, 0.15) is 46.5 Å². The van der Waals surface area contributed by atoms with Gasteiger partial charge in [-0.15, -0.1) is 0 Å². The summed E-state index contributed by atoms with van der Waals surface area (Å²) in [6.45, 7) is 5.23. The molecule has 2 fully saturated rings. The molecule has 2 saturated heterocycles. The number of aliphatic carboxylic acids is 1. The van der Waals surface area contributed by atoms with E-state index in [4.69, 9.17) is 5.11 Å². The van der Waals surface area contributed by atoms with Gasteiger partial charge in [-0.1, -0.05) is 0 Å². The molecule has 2 aliphatic heterocycles. The molecule has 6 heteroatoms. The topological polar surface area (TPSA) is 81.1 Å². The molecule has 0 aromatic carbocycles. The maximum Gasteiger partial charge on any atom is 0.323 e. The summed E-state index contributed by atoms with van der Waals surface area (Å²) in [5.41, 5.74) is -0.537. The number of piperidine rings is 1. The van der Waals surface area contributed by atoms with E-state index in [-0.39, 0.29) is 30.8 Å². The highest BCUT2D eigenvalue weighted by atomic mass is 16.4. The fraction of sp³-hybridized carbons (Fsp3) is 0.857. The number of carbonyl (C=O) groups is 2. The Labute approximate surface area is 119 Å². The lowest BCUT2D eigenvalue weighted by atomic mass is 9.99. The minimum atomic E-state index is -1.00. The van der Waals surface area contributed by atoms with Gasteiger partial charge in [0.05, 0.1) is 6.10 Å². The zero-order valence-corrected chi connectivity index (χ0v) is 12.4. The number of aliphatic hydroxyl groups excluding tert-OH is 1. The molecule has 2 rings (SSSR count). The Morgan fingerprint density at radius 1 is 1.20 bits per heavy atom. The van der Waals surface area contributed by atoms with Crippen LogP contribution in [-0.4, -0.2) is 62.3 Å². The van der Waals surface area contributed by atoms with Crippen molar-refractivity contribution < 1.29 is 19.8 Å². The third-order valence-electron chi connectivity index (χ3n) is 4.26. The van der Waals surface area contributed by atoms with Gasteiger partial charge in [0.1, 0.15) is 6.54 Å². The quantitative estimate of drug-likeness (QED) is 0.800. The molecule has 2 unspecified atom stereocenters. The first-order chi connectivity index (χ1) is 9.20. The molecule has 0 spiro atoms. The normalized spacial score (nSPS) is 29.4. The smallest absolute Gasteiger partial charge is 0.323 e. The van der Waals surface area contributed by atoms with Crippen molar-refractivity contribution in [2.24, 2.45) is 0 Å². The van der Waals surface area contributed by atoms with Gasteiger partial charge < -0.3 is 20.0 Å². The second-order valence-electron chi connectivity index (χ2n) is 6.85. The molecule has 0 aromatic heterocycles. The van der Waals surface area contributed by atoms with Crippen LogP contribution in [0.15, 0.2) is 0 Å². The molecule has 0 aromatic rings. The van der Waals surface area contributed by atoms with Gasteiger partial charge in [-0.25, -0.2) is 4.79 Å². The number of carbonyl (C=O) groups excluding carboxylic acids is 1. The second-order valence-corrected chi connectivity index (χ2v) is 6.85. The largest absolute Gasteiger partial charge is 0.480 e. The fourth-order valence-corrected chi connectivity index (χ4v) is 3.33. The van der Waals surface area contributed by atoms with Crippen molar-refractivity contribution in [3.8, 4) is 0 Å². The van der Waals surface area contributed by atoms with Crippen molar-refractivity contribution in [2.75, 3.05) is 6.54 Å². The first-order valence-corrected chi connectivity index (χ1v) is 7.20. The van der Waals surface area contributed by atoms with E-state index in [1.54, 1.807) is 4.90 Å². The predicted molar refractivity (Wildman–Crippen MR) is 73.4 cm³/mol. The Bertz CT molecular complexity index is 390. The monoisotopic (exact) mass is 284 g/mol. The summed E-state index contributed by atoms with van der Waals surface area (Å²) in [6, 6.07) is -0.107. The van der Waals surface area contributed by atoms with E-state index in [0.29, 0.717) is 12.8 Å². The van der Waals surface area contributed by atoms with Crippen LogP contribution in [0, 0.1) is 0 Å². The zero-order chi connectivity index (χ0) is 15.1. The van der Waals surface area contributed by atoms with Gasteiger partial charge in [0, 0.05) is 17.6 Å². The zero-order valence-electron chi connectivity index (χ0n) is 12.4. The number of hydrogen-bond donors (Lipinski definition) is 2. The van der Waals surface area contributed by atoms with E-state index in [1.165, 1.54) is 4.90 Å². The molecule has 2 amide bonds. The number of aliphatic hydroxyl groups is 1. The number of carboxylic acid groups (broad SMARTS) is 1. The lowest BCUT2D eigenvalue weighted by molar-refractivity contribution is -0.139. The summed E-state index contributed by atoms with van der Waals surface area (Å²) >= 11 is 0. The van der Waals surface area contributed by atoms with Gasteiger partial charge in [-0.3, -0.25) is 4.79 Å². The number of urea groups is 1. The summed E-state index contributed by atoms with van der Waals surface area (Å²) in [5, 5.41) is 18.8. The molecule has 114 valence electrons. The summed E-state index contributed by atoms with van der Waals surface area (Å²) in [5.74, 6) is -1.00. The molecule has 20 heavy (non-hydrogen) atoms. The van der Waals surface area contributed by atoms with E-state index in [1.807, 2.05) is 20.8 Å². The third kappa shape index (κ3) is 2.90. The summed E-state index contributed by atoms with van der Waals surface area (Å²) < 4.78 is 0. The molecule has 0 radical (unpaired) electrons. The van der Waals surface area contributed by atoms with Gasteiger partial charge in [-0.2, -0.15) is 0 Å². The van der Waals surface area contributed by atoms with E-state index in [0.717, 1.165) is 12.8 Å². The van der Waals surface area contributed by atoms with Crippen LogP contribution in [0.3, 0.4) is 0 Å². The maximum absolute atomic E-state index is 12.8. The van der Waals surface area contributed by atoms with E-state index >= 15 is 0 Å². The van der Waals surface area contributed by atoms with Crippen LogP contribution in [0.4, 0.5) is 4.79 Å². The second kappa shape index (κ2) is 5.24. The van der Waals surface area contributed by atoms with Gasteiger partial charge in [0.2, 0.25) is 0 Å². The molecule has 2 aliphatic rings. The first kappa shape index (κ1) is 15.1. The molecule has 2 bridgehead atoms. The number of fused-ring (bicyclic) bond motifs is 2. The minimum absolute atomic E-state index is 0.0508. The molecule has 2 N–H and O–H groups in total. The molecular weight excluding hydrogens is 260 g/mol. The van der Waals surface area contributed by atoms with E-state index in [9.17, 15) is 14.7 Å². The summed E-state index contributed by atoms with van der Waals surface area (Å²) in [4.78, 5) is 27.0. The number of nitrogens with zero attached hydrogens (tertiary/aromatic N) is 2. The highest BCUT2D eigenvalue weighted by molar-refractivity contribution is 5.81. The van der Waals surface area contributed by atoms with Crippen molar-refractivity contribution in [3.63, 3.8) is 0 Å². The average Bonchev–Trinajstić information content (AvgIpc) is 2.56. The number of amides is 2. The SMILES string of the molecule is CC(C)(C)N(CC(=O)O)C(=O)N1C2CCC1CC(O)C2. The lowest BCUT2D eigenvalue weighted by Crippen LogP contribution is -2.58. The average molecular weight is 284 g/mol. The Balaban J connectivity index is 2.18. The van der Waals surface area contributed by atoms with Crippen molar-refractivity contribution in [1.29, 1.82) is 0 Å². The Hall–Kier alpha value is -1.30. The fourth-order valence-electron chi connectivity index (χ4n) is 3.33. The van der Waals surface area contributed by atoms with Crippen LogP contribution < -0.4 is 0 Å². The number of carboxylic acids is 1. The molecule has 0 saturated carbocycles. The molecule has 2 atom stereocenters. The van der Waals surface area contributed by atoms with E-state index < -0.39 is 11.5 Å². The van der Waals surface area contributed by atoms with Gasteiger partial charge in [-0.05, 0) is 46.5 Å². The van der Waals surface area contributed by atoms with Crippen LogP contribution in [-0.2, 0) is 4.79 Å². The standard InChI is InChI=1S/C14H24N2O4/c1-14(2,3)15(8-12(18)19)13(20)16-9-4-5-10(16)7-11(17)6-9/h9-11,17H,4-8H2,1-3H3,(H,18,19). The molecular formula is C14H24N2O4. The molecule has 2 heterocycles. The Kier molecular flexibility index (Phi) is 3.95. The van der Waals surface area contributed by atoms with Crippen molar-refractivity contribution in [1.82, 2.24) is 9.80 Å². The lowest BCUT2D eigenvalue weighted by Gasteiger charge is -2.43. The Morgan fingerprint density at radius 3 is 2.10 bits per heavy atom. The first-order valence-electron chi connectivity index (χ1n) is 7.20. The van der Waals surface area contributed by atoms with Crippen LogP contribution in [0.2, 0.25) is 0 Å². The van der Waals surface area contributed by atoms with Crippen LogP contribution in [0.5, 0.6) is 0 Å². The van der Waals surface area contributed by atoms with Crippen molar-refractivity contribution in [2.45, 2.75) is 70.2 Å². The number of hydrogen-bond acceptors (Lipinski definition) is 3. The summed E-state index contributed by atoms with van der Waals surface area (Å²) in [6.07, 6.45) is 2.68. The predicted octanol–water partition coefficient (Wildman–Crippen LogP) is 1.28. The van der Waals surface area contributed by atoms with Crippen molar-refractivity contribution in [3.05, 3.63) is 0 Å². The third-order valence-corrected chi connectivity index (χ3v) is 4.26. The van der Waals surface area contributed by atoms with Gasteiger partial charge in [0.15, 0.2) is 0 Å². The minimum Gasteiger partial charge on any atom is -0.480 e. The van der Waals surface area contributed by atoms with E-state index in [2.05, 4.69) is 0 Å². The summed E-state index contributed by atoms with van der Waals surface area (Å²) in [7, 11) is 0. The van der Waals surface area contributed by atoms with Crippen LogP contribution >= 0.6 is 0 Å². The molecule has 6 nitrogen and oxygen atoms in total. The van der Waals surface area contributed by atoms with Gasteiger partial charge in [0.25, 0.3) is 0 Å². The van der Waals surface area contributed by atoms with Gasteiger partial charge >= 0.3 is 12.0 Å². The molecule has 0 aliphatic carbocycles. The highest BCUT2D eigenvalue weighted by Gasteiger charge is 2.45.